The van der Waals surface area contributed by atoms with E-state index in [0.717, 1.165) is 19.3 Å². The first kappa shape index (κ1) is 11.0. The van der Waals surface area contributed by atoms with Crippen LogP contribution in [0.15, 0.2) is 12.8 Å². The van der Waals surface area contributed by atoms with Crippen LogP contribution in [0.2, 0.25) is 0 Å². The Morgan fingerprint density at radius 1 is 1.42 bits per heavy atom. The molecule has 0 saturated heterocycles. The molecule has 0 bridgehead atoms. The molecule has 4 nitrogen and oxygen atoms in total. The van der Waals surface area contributed by atoms with Crippen molar-refractivity contribution in [3.05, 3.63) is 12.8 Å². The second kappa shape index (κ2) is 8.07. The van der Waals surface area contributed by atoms with Gasteiger partial charge in [-0.25, -0.2) is 4.79 Å². The molecule has 0 spiro atoms. The highest BCUT2D eigenvalue weighted by molar-refractivity contribution is 5.74. The van der Waals surface area contributed by atoms with Crippen molar-refractivity contribution < 1.29 is 9.90 Å². The first-order valence-corrected chi connectivity index (χ1v) is 4.07. The van der Waals surface area contributed by atoms with Crippen LogP contribution in [-0.2, 0) is 0 Å². The summed E-state index contributed by atoms with van der Waals surface area (Å²) in [4.78, 5) is 10.7. The molecule has 0 aliphatic heterocycles. The van der Waals surface area contributed by atoms with Crippen molar-refractivity contribution in [2.24, 2.45) is 0 Å². The van der Waals surface area contributed by atoms with Gasteiger partial charge in [0.1, 0.15) is 0 Å². The smallest absolute Gasteiger partial charge is 0.318 e. The monoisotopic (exact) mass is 172 g/mol. The molecule has 0 radical (unpaired) electrons. The Labute approximate surface area is 72.7 Å². The van der Waals surface area contributed by atoms with Crippen molar-refractivity contribution >= 4 is 6.03 Å². The molecule has 0 aliphatic rings. The molecule has 0 atom stereocenters. The van der Waals surface area contributed by atoms with Gasteiger partial charge in [-0.3, -0.25) is 0 Å². The molecule has 0 rings (SSSR count). The quantitative estimate of drug-likeness (QED) is 0.513. The van der Waals surface area contributed by atoms with E-state index in [1.54, 1.807) is 0 Å². The van der Waals surface area contributed by atoms with Crippen molar-refractivity contribution in [2.45, 2.75) is 19.3 Å². The van der Waals surface area contributed by atoms with Crippen LogP contribution >= 0.6 is 0 Å². The first-order valence-electron chi connectivity index (χ1n) is 4.07. The highest BCUT2D eigenvalue weighted by atomic mass is 16.2. The average molecular weight is 172 g/mol. The maximum atomic E-state index is 10.7. The van der Waals surface area contributed by atoms with Gasteiger partial charge in [-0.05, 0) is 25.5 Å². The van der Waals surface area contributed by atoms with Crippen LogP contribution in [-0.4, -0.2) is 24.3 Å². The lowest BCUT2D eigenvalue weighted by atomic mass is 10.2. The van der Waals surface area contributed by atoms with E-state index in [4.69, 9.17) is 5.11 Å². The second-order valence-electron chi connectivity index (χ2n) is 2.39. The van der Waals surface area contributed by atoms with E-state index in [9.17, 15) is 4.79 Å². The highest BCUT2D eigenvalue weighted by Gasteiger charge is 1.94. The fraction of sp³-hybridized carbons (Fsp3) is 0.625. The van der Waals surface area contributed by atoms with Gasteiger partial charge in [0.25, 0.3) is 0 Å². The van der Waals surface area contributed by atoms with Gasteiger partial charge in [0, 0.05) is 13.2 Å². The summed E-state index contributed by atoms with van der Waals surface area (Å²) in [7, 11) is 0. The Hall–Kier alpha value is -1.03. The highest BCUT2D eigenvalue weighted by Crippen LogP contribution is 1.91. The summed E-state index contributed by atoms with van der Waals surface area (Å²) in [5, 5.41) is 13.5. The van der Waals surface area contributed by atoms with Crippen LogP contribution < -0.4 is 10.6 Å². The maximum Gasteiger partial charge on any atom is 0.318 e. The first-order chi connectivity index (χ1) is 5.81. The van der Waals surface area contributed by atoms with Crippen LogP contribution in [0.3, 0.4) is 0 Å². The van der Waals surface area contributed by atoms with Crippen molar-refractivity contribution in [1.29, 1.82) is 0 Å². The number of unbranched alkanes of at least 4 members (excludes halogenated alkanes) is 2. The SMILES string of the molecule is C=CNC(=O)NCCCCCO. The lowest BCUT2D eigenvalue weighted by Crippen LogP contribution is -2.32. The summed E-state index contributed by atoms with van der Waals surface area (Å²) in [5.74, 6) is 0. The van der Waals surface area contributed by atoms with Gasteiger partial charge in [-0.2, -0.15) is 0 Å². The fourth-order valence-corrected chi connectivity index (χ4v) is 0.759. The summed E-state index contributed by atoms with van der Waals surface area (Å²) < 4.78 is 0. The normalized spacial score (nSPS) is 9.08. The van der Waals surface area contributed by atoms with E-state index in [1.807, 2.05) is 0 Å². The van der Waals surface area contributed by atoms with Gasteiger partial charge in [0.15, 0.2) is 0 Å². The van der Waals surface area contributed by atoms with Crippen LogP contribution in [0.1, 0.15) is 19.3 Å². The summed E-state index contributed by atoms with van der Waals surface area (Å²) in [5.41, 5.74) is 0. The largest absolute Gasteiger partial charge is 0.396 e. The van der Waals surface area contributed by atoms with Crippen LogP contribution in [0.25, 0.3) is 0 Å². The Morgan fingerprint density at radius 3 is 2.75 bits per heavy atom. The molecule has 0 unspecified atom stereocenters. The molecule has 2 amide bonds. The zero-order valence-electron chi connectivity index (χ0n) is 7.18. The Morgan fingerprint density at radius 2 is 2.17 bits per heavy atom. The van der Waals surface area contributed by atoms with Crippen LogP contribution in [0.5, 0.6) is 0 Å². The minimum Gasteiger partial charge on any atom is -0.396 e. The number of carbonyl (C=O) groups excluding carboxylic acids is 1. The number of urea groups is 1. The molecule has 0 aromatic carbocycles. The third-order valence-corrected chi connectivity index (χ3v) is 1.35. The zero-order chi connectivity index (χ0) is 9.23. The third kappa shape index (κ3) is 7.08. The molecule has 0 heterocycles. The third-order valence-electron chi connectivity index (χ3n) is 1.35. The average Bonchev–Trinajstić information content (AvgIpc) is 2.05. The van der Waals surface area contributed by atoms with Gasteiger partial charge in [-0.1, -0.05) is 6.58 Å². The molecular formula is C8H16N2O2. The number of aliphatic hydroxyl groups excluding tert-OH is 1. The molecule has 0 aliphatic carbocycles. The number of nitrogens with one attached hydrogen (secondary N) is 2. The molecule has 70 valence electrons. The standard InChI is InChI=1S/C8H16N2O2/c1-2-9-8(12)10-6-4-3-5-7-11/h2,11H,1,3-7H2,(H2,9,10,12). The predicted molar refractivity (Wildman–Crippen MR) is 47.7 cm³/mol. The van der Waals surface area contributed by atoms with E-state index in [2.05, 4.69) is 17.2 Å². The van der Waals surface area contributed by atoms with Gasteiger partial charge in [-0.15, -0.1) is 0 Å². The van der Waals surface area contributed by atoms with Crippen LogP contribution in [0, 0.1) is 0 Å². The van der Waals surface area contributed by atoms with Gasteiger partial charge in [0.2, 0.25) is 0 Å². The molecule has 3 N–H and O–H groups in total. The van der Waals surface area contributed by atoms with Crippen molar-refractivity contribution in [3.8, 4) is 0 Å². The van der Waals surface area contributed by atoms with E-state index in [1.165, 1.54) is 6.20 Å². The van der Waals surface area contributed by atoms with E-state index >= 15 is 0 Å². The van der Waals surface area contributed by atoms with Gasteiger partial charge < -0.3 is 15.7 Å². The van der Waals surface area contributed by atoms with Crippen molar-refractivity contribution in [3.63, 3.8) is 0 Å². The summed E-state index contributed by atoms with van der Waals surface area (Å²) in [6, 6.07) is -0.228. The number of carbonyl (C=O) groups is 1. The van der Waals surface area contributed by atoms with E-state index in [0.29, 0.717) is 6.54 Å². The molecule has 12 heavy (non-hydrogen) atoms. The number of rotatable bonds is 6. The maximum absolute atomic E-state index is 10.7. The number of amides is 2. The van der Waals surface area contributed by atoms with Gasteiger partial charge >= 0.3 is 6.03 Å². The Bertz CT molecular complexity index is 137. The van der Waals surface area contributed by atoms with Crippen molar-refractivity contribution in [2.75, 3.05) is 13.2 Å². The Balaban J connectivity index is 3.08. The Kier molecular flexibility index (Phi) is 7.38. The molecule has 0 saturated carbocycles. The summed E-state index contributed by atoms with van der Waals surface area (Å²) in [6.07, 6.45) is 3.96. The lowest BCUT2D eigenvalue weighted by Gasteiger charge is -2.02. The minimum absolute atomic E-state index is 0.221. The predicted octanol–water partition coefficient (Wildman–Crippen LogP) is 0.592. The number of hydrogen-bond donors (Lipinski definition) is 3. The van der Waals surface area contributed by atoms with Crippen molar-refractivity contribution in [1.82, 2.24) is 10.6 Å². The molecular weight excluding hydrogens is 156 g/mol. The number of aliphatic hydroxyl groups is 1. The fourth-order valence-electron chi connectivity index (χ4n) is 0.759. The van der Waals surface area contributed by atoms with Gasteiger partial charge in [0.05, 0.1) is 0 Å². The number of hydrogen-bond acceptors (Lipinski definition) is 2. The molecule has 0 fully saturated rings. The molecule has 0 aromatic rings. The zero-order valence-corrected chi connectivity index (χ0v) is 7.18. The molecule has 0 aromatic heterocycles. The molecule has 4 heteroatoms. The lowest BCUT2D eigenvalue weighted by molar-refractivity contribution is 0.243. The van der Waals surface area contributed by atoms with Crippen LogP contribution in [0.4, 0.5) is 4.79 Å². The van der Waals surface area contributed by atoms with E-state index in [-0.39, 0.29) is 12.6 Å². The minimum atomic E-state index is -0.228. The van der Waals surface area contributed by atoms with E-state index < -0.39 is 0 Å². The summed E-state index contributed by atoms with van der Waals surface area (Å²) in [6.45, 7) is 4.21. The topological polar surface area (TPSA) is 61.4 Å². The second-order valence-corrected chi connectivity index (χ2v) is 2.39. The summed E-state index contributed by atoms with van der Waals surface area (Å²) >= 11 is 0.